The van der Waals surface area contributed by atoms with Crippen molar-refractivity contribution in [3.63, 3.8) is 0 Å². The summed E-state index contributed by atoms with van der Waals surface area (Å²) in [6.45, 7) is 6.81. The SMILES string of the molecule is CC(C)(C)Cc1cccc(-c2ccncc2)c1. The summed E-state index contributed by atoms with van der Waals surface area (Å²) >= 11 is 0. The molecule has 0 bridgehead atoms. The number of aromatic nitrogens is 1. The van der Waals surface area contributed by atoms with Crippen LogP contribution in [0.25, 0.3) is 11.1 Å². The molecule has 2 rings (SSSR count). The van der Waals surface area contributed by atoms with Crippen molar-refractivity contribution in [3.05, 3.63) is 54.4 Å². The monoisotopic (exact) mass is 225 g/mol. The predicted octanol–water partition coefficient (Wildman–Crippen LogP) is 4.34. The molecule has 0 spiro atoms. The second-order valence-corrected chi connectivity index (χ2v) is 5.67. The van der Waals surface area contributed by atoms with Crippen LogP contribution in [0, 0.1) is 5.41 Å². The van der Waals surface area contributed by atoms with E-state index >= 15 is 0 Å². The zero-order chi connectivity index (χ0) is 12.3. The summed E-state index contributed by atoms with van der Waals surface area (Å²) in [7, 11) is 0. The molecule has 0 aliphatic rings. The number of rotatable bonds is 2. The highest BCUT2D eigenvalue weighted by molar-refractivity contribution is 5.63. The zero-order valence-electron chi connectivity index (χ0n) is 10.8. The fourth-order valence-corrected chi connectivity index (χ4v) is 2.02. The Morgan fingerprint density at radius 3 is 2.29 bits per heavy atom. The Labute approximate surface area is 104 Å². The third-order valence-corrected chi connectivity index (χ3v) is 2.68. The molecule has 0 amide bonds. The Bertz CT molecular complexity index is 480. The lowest BCUT2D eigenvalue weighted by molar-refractivity contribution is 0.411. The molecule has 0 aliphatic carbocycles. The van der Waals surface area contributed by atoms with Gasteiger partial charge in [-0.2, -0.15) is 0 Å². The third kappa shape index (κ3) is 3.42. The van der Waals surface area contributed by atoms with Crippen LogP contribution in [0.5, 0.6) is 0 Å². The van der Waals surface area contributed by atoms with Crippen LogP contribution in [-0.2, 0) is 6.42 Å². The van der Waals surface area contributed by atoms with Crippen LogP contribution in [0.4, 0.5) is 0 Å². The van der Waals surface area contributed by atoms with Crippen molar-refractivity contribution in [1.82, 2.24) is 4.98 Å². The molecule has 1 heteroatoms. The number of pyridine rings is 1. The minimum absolute atomic E-state index is 0.330. The van der Waals surface area contributed by atoms with Crippen molar-refractivity contribution >= 4 is 0 Å². The van der Waals surface area contributed by atoms with Crippen LogP contribution < -0.4 is 0 Å². The van der Waals surface area contributed by atoms with Crippen LogP contribution >= 0.6 is 0 Å². The first-order chi connectivity index (χ1) is 8.04. The molecule has 0 radical (unpaired) electrons. The Kier molecular flexibility index (Phi) is 3.28. The van der Waals surface area contributed by atoms with Gasteiger partial charge in [-0.05, 0) is 40.7 Å². The summed E-state index contributed by atoms with van der Waals surface area (Å²) in [5.41, 5.74) is 4.23. The normalized spacial score (nSPS) is 11.5. The van der Waals surface area contributed by atoms with Gasteiger partial charge in [0.2, 0.25) is 0 Å². The average molecular weight is 225 g/mol. The zero-order valence-corrected chi connectivity index (χ0v) is 10.8. The fourth-order valence-electron chi connectivity index (χ4n) is 2.02. The van der Waals surface area contributed by atoms with Crippen LogP contribution in [0.2, 0.25) is 0 Å². The van der Waals surface area contributed by atoms with E-state index in [2.05, 4.69) is 62.2 Å². The van der Waals surface area contributed by atoms with Gasteiger partial charge < -0.3 is 0 Å². The van der Waals surface area contributed by atoms with E-state index in [1.807, 2.05) is 12.4 Å². The van der Waals surface area contributed by atoms with Crippen molar-refractivity contribution in [2.24, 2.45) is 5.41 Å². The molecule has 0 unspecified atom stereocenters. The summed E-state index contributed by atoms with van der Waals surface area (Å²) in [5, 5.41) is 0. The molecular formula is C16H19N. The van der Waals surface area contributed by atoms with Crippen molar-refractivity contribution in [2.45, 2.75) is 27.2 Å². The molecule has 0 fully saturated rings. The van der Waals surface area contributed by atoms with E-state index in [0.717, 1.165) is 6.42 Å². The molecule has 1 aromatic carbocycles. The Hall–Kier alpha value is -1.63. The molecule has 1 nitrogen and oxygen atoms in total. The summed E-state index contributed by atoms with van der Waals surface area (Å²) in [5.74, 6) is 0. The molecule has 17 heavy (non-hydrogen) atoms. The first-order valence-corrected chi connectivity index (χ1v) is 6.04. The number of nitrogens with zero attached hydrogens (tertiary/aromatic N) is 1. The molecule has 0 saturated carbocycles. The highest BCUT2D eigenvalue weighted by atomic mass is 14.6. The lowest BCUT2D eigenvalue weighted by atomic mass is 9.87. The quantitative estimate of drug-likeness (QED) is 0.741. The number of hydrogen-bond acceptors (Lipinski definition) is 1. The van der Waals surface area contributed by atoms with Gasteiger partial charge in [0.25, 0.3) is 0 Å². The van der Waals surface area contributed by atoms with E-state index in [1.165, 1.54) is 16.7 Å². The molecule has 0 N–H and O–H groups in total. The van der Waals surface area contributed by atoms with Crippen molar-refractivity contribution in [1.29, 1.82) is 0 Å². The second kappa shape index (κ2) is 4.70. The van der Waals surface area contributed by atoms with Gasteiger partial charge in [-0.1, -0.05) is 45.0 Å². The molecule has 0 saturated heterocycles. The Morgan fingerprint density at radius 1 is 0.941 bits per heavy atom. The van der Waals surface area contributed by atoms with Crippen LogP contribution in [0.3, 0.4) is 0 Å². The Balaban J connectivity index is 2.29. The van der Waals surface area contributed by atoms with Gasteiger partial charge in [-0.3, -0.25) is 4.98 Å². The van der Waals surface area contributed by atoms with Gasteiger partial charge in [0, 0.05) is 12.4 Å². The minimum atomic E-state index is 0.330. The predicted molar refractivity (Wildman–Crippen MR) is 72.8 cm³/mol. The molecule has 0 atom stereocenters. The number of benzene rings is 1. The smallest absolute Gasteiger partial charge is 0.0273 e. The van der Waals surface area contributed by atoms with E-state index in [0.29, 0.717) is 5.41 Å². The topological polar surface area (TPSA) is 12.9 Å². The highest BCUT2D eigenvalue weighted by Gasteiger charge is 2.11. The maximum atomic E-state index is 4.05. The first kappa shape index (κ1) is 11.8. The summed E-state index contributed by atoms with van der Waals surface area (Å²) in [6, 6.07) is 12.9. The lowest BCUT2D eigenvalue weighted by Crippen LogP contribution is -2.08. The van der Waals surface area contributed by atoms with Crippen LogP contribution in [0.1, 0.15) is 26.3 Å². The van der Waals surface area contributed by atoms with Crippen LogP contribution in [-0.4, -0.2) is 4.98 Å². The van der Waals surface area contributed by atoms with Crippen molar-refractivity contribution in [3.8, 4) is 11.1 Å². The maximum Gasteiger partial charge on any atom is 0.0273 e. The van der Waals surface area contributed by atoms with Gasteiger partial charge in [-0.15, -0.1) is 0 Å². The first-order valence-electron chi connectivity index (χ1n) is 6.04. The Morgan fingerprint density at radius 2 is 1.65 bits per heavy atom. The summed E-state index contributed by atoms with van der Waals surface area (Å²) in [4.78, 5) is 4.05. The van der Waals surface area contributed by atoms with Crippen molar-refractivity contribution < 1.29 is 0 Å². The molecule has 1 aromatic heterocycles. The lowest BCUT2D eigenvalue weighted by Gasteiger charge is -2.18. The fraction of sp³-hybridized carbons (Fsp3) is 0.312. The summed E-state index contributed by atoms with van der Waals surface area (Å²) in [6.07, 6.45) is 4.78. The molecule has 88 valence electrons. The number of hydrogen-bond donors (Lipinski definition) is 0. The minimum Gasteiger partial charge on any atom is -0.265 e. The van der Waals surface area contributed by atoms with E-state index in [4.69, 9.17) is 0 Å². The second-order valence-electron chi connectivity index (χ2n) is 5.67. The molecular weight excluding hydrogens is 206 g/mol. The standard InChI is InChI=1S/C16H19N/c1-16(2,3)12-13-5-4-6-15(11-13)14-7-9-17-10-8-14/h4-11H,12H2,1-3H3. The van der Waals surface area contributed by atoms with Gasteiger partial charge in [0.05, 0.1) is 0 Å². The van der Waals surface area contributed by atoms with Gasteiger partial charge in [0.15, 0.2) is 0 Å². The van der Waals surface area contributed by atoms with Crippen LogP contribution in [0.15, 0.2) is 48.8 Å². The van der Waals surface area contributed by atoms with Gasteiger partial charge in [0.1, 0.15) is 0 Å². The average Bonchev–Trinajstić information content (AvgIpc) is 2.28. The van der Waals surface area contributed by atoms with E-state index < -0.39 is 0 Å². The maximum absolute atomic E-state index is 4.05. The van der Waals surface area contributed by atoms with E-state index in [-0.39, 0.29) is 0 Å². The third-order valence-electron chi connectivity index (χ3n) is 2.68. The largest absolute Gasteiger partial charge is 0.265 e. The van der Waals surface area contributed by atoms with E-state index in [1.54, 1.807) is 0 Å². The summed E-state index contributed by atoms with van der Waals surface area (Å²) < 4.78 is 0. The van der Waals surface area contributed by atoms with Crippen molar-refractivity contribution in [2.75, 3.05) is 0 Å². The molecule has 1 heterocycles. The molecule has 2 aromatic rings. The van der Waals surface area contributed by atoms with Gasteiger partial charge >= 0.3 is 0 Å². The molecule has 0 aliphatic heterocycles. The van der Waals surface area contributed by atoms with Gasteiger partial charge in [-0.25, -0.2) is 0 Å². The van der Waals surface area contributed by atoms with E-state index in [9.17, 15) is 0 Å². The highest BCUT2D eigenvalue weighted by Crippen LogP contribution is 2.24.